The monoisotopic (exact) mass is 556 g/mol. The van der Waals surface area contributed by atoms with E-state index in [4.69, 9.17) is 23.2 Å². The van der Waals surface area contributed by atoms with Gasteiger partial charge in [-0.3, -0.25) is 0 Å². The Morgan fingerprint density at radius 3 is 2.15 bits per heavy atom. The number of rotatable bonds is 5. The molecule has 4 rings (SSSR count). The molecule has 0 N–H and O–H groups in total. The summed E-state index contributed by atoms with van der Waals surface area (Å²) in [5.74, 6) is -11.7. The number of benzene rings is 2. The molecule has 0 bridgehead atoms. The van der Waals surface area contributed by atoms with E-state index in [9.17, 15) is 30.4 Å². The van der Waals surface area contributed by atoms with Gasteiger partial charge >= 0.3 is 0 Å². The fourth-order valence-corrected chi connectivity index (χ4v) is 6.94. The number of piperidine rings is 1. The average molecular weight is 557 g/mol. The van der Waals surface area contributed by atoms with Gasteiger partial charge in [-0.1, -0.05) is 29.3 Å². The zero-order chi connectivity index (χ0) is 24.8. The molecule has 4 nitrogen and oxygen atoms in total. The number of nitrogens with zero attached hydrogens (tertiary/aromatic N) is 2. The van der Waals surface area contributed by atoms with Crippen molar-refractivity contribution >= 4 is 49.5 Å². The molecule has 2 aromatic carbocycles. The third-order valence-electron chi connectivity index (χ3n) is 5.53. The lowest BCUT2D eigenvalue weighted by atomic mass is 10.1. The van der Waals surface area contributed by atoms with Crippen LogP contribution in [-0.2, 0) is 16.3 Å². The van der Waals surface area contributed by atoms with Gasteiger partial charge in [0.15, 0.2) is 38.2 Å². The van der Waals surface area contributed by atoms with Gasteiger partial charge in [0.05, 0.1) is 10.9 Å². The van der Waals surface area contributed by atoms with E-state index in [1.807, 2.05) is 10.3 Å². The summed E-state index contributed by atoms with van der Waals surface area (Å²) >= 11 is 13.4. The fourth-order valence-electron chi connectivity index (χ4n) is 3.74. The molecular formula is C21H15Cl2F5N2O2S2. The summed E-state index contributed by atoms with van der Waals surface area (Å²) in [4.78, 5) is 4.57. The SMILES string of the molecule is O=S(=O)(c1c(F)c(F)c(F)c(F)c1F)C1CCN(c2nc(Cc3ccc(Cl)cc3Cl)cs2)CC1. The molecule has 3 aromatic rings. The highest BCUT2D eigenvalue weighted by Gasteiger charge is 2.39. The van der Waals surface area contributed by atoms with E-state index in [1.54, 1.807) is 18.2 Å². The van der Waals surface area contributed by atoms with Crippen LogP contribution in [0.15, 0.2) is 28.5 Å². The molecule has 0 unspecified atom stereocenters. The first-order valence-electron chi connectivity index (χ1n) is 9.89. The lowest BCUT2D eigenvalue weighted by Crippen LogP contribution is -2.40. The molecular weight excluding hydrogens is 542 g/mol. The highest BCUT2D eigenvalue weighted by Crippen LogP contribution is 2.34. The second-order valence-electron chi connectivity index (χ2n) is 7.66. The first-order valence-corrected chi connectivity index (χ1v) is 13.1. The molecule has 0 aliphatic carbocycles. The van der Waals surface area contributed by atoms with Crippen LogP contribution < -0.4 is 4.90 Å². The zero-order valence-corrected chi connectivity index (χ0v) is 20.2. The number of hydrogen-bond acceptors (Lipinski definition) is 5. The largest absolute Gasteiger partial charge is 0.348 e. The molecule has 13 heteroatoms. The summed E-state index contributed by atoms with van der Waals surface area (Å²) in [5.41, 5.74) is 1.57. The lowest BCUT2D eigenvalue weighted by Gasteiger charge is -2.31. The maximum Gasteiger partial charge on any atom is 0.200 e. The number of aromatic nitrogens is 1. The van der Waals surface area contributed by atoms with Crippen molar-refractivity contribution in [1.29, 1.82) is 0 Å². The Morgan fingerprint density at radius 2 is 1.56 bits per heavy atom. The highest BCUT2D eigenvalue weighted by molar-refractivity contribution is 7.92. The van der Waals surface area contributed by atoms with Crippen LogP contribution in [0.1, 0.15) is 24.1 Å². The van der Waals surface area contributed by atoms with Crippen LogP contribution in [0.4, 0.5) is 27.1 Å². The second kappa shape index (κ2) is 9.60. The standard InChI is InChI=1S/C21H15Cl2F5N2O2S2/c22-11-2-1-10(14(23)8-11)7-12-9-33-21(29-12)30-5-3-13(4-6-30)34(31,32)20-18(27)16(25)15(24)17(26)19(20)28/h1-2,8-9,13H,3-7H2. The van der Waals surface area contributed by atoms with Crippen LogP contribution in [-0.4, -0.2) is 31.7 Å². The summed E-state index contributed by atoms with van der Waals surface area (Å²) in [7, 11) is -4.80. The third-order valence-corrected chi connectivity index (χ3v) is 9.35. The lowest BCUT2D eigenvalue weighted by molar-refractivity contribution is 0.356. The van der Waals surface area contributed by atoms with Crippen LogP contribution in [0, 0.1) is 29.1 Å². The number of thiazole rings is 1. The quantitative estimate of drug-likeness (QED) is 0.163. The molecule has 34 heavy (non-hydrogen) atoms. The van der Waals surface area contributed by atoms with Gasteiger partial charge in [0.1, 0.15) is 4.90 Å². The molecule has 1 aromatic heterocycles. The van der Waals surface area contributed by atoms with E-state index < -0.39 is 49.1 Å². The van der Waals surface area contributed by atoms with Crippen LogP contribution in [0.25, 0.3) is 0 Å². The van der Waals surface area contributed by atoms with Gasteiger partial charge < -0.3 is 4.90 Å². The van der Waals surface area contributed by atoms with Gasteiger partial charge in [-0.25, -0.2) is 35.4 Å². The van der Waals surface area contributed by atoms with E-state index in [-0.39, 0.29) is 25.9 Å². The predicted octanol–water partition coefficient (Wildman–Crippen LogP) is 6.18. The highest BCUT2D eigenvalue weighted by atomic mass is 35.5. The minimum absolute atomic E-state index is 0.0697. The van der Waals surface area contributed by atoms with Gasteiger partial charge in [-0.05, 0) is 30.5 Å². The van der Waals surface area contributed by atoms with E-state index in [0.717, 1.165) is 11.3 Å². The van der Waals surface area contributed by atoms with Crippen molar-refractivity contribution in [3.05, 3.63) is 74.0 Å². The summed E-state index contributed by atoms with van der Waals surface area (Å²) in [6.07, 6.45) is 0.317. The molecule has 182 valence electrons. The Labute approximate surface area is 205 Å². The van der Waals surface area contributed by atoms with E-state index in [0.29, 0.717) is 21.6 Å². The Hall–Kier alpha value is -1.95. The van der Waals surface area contributed by atoms with Crippen LogP contribution in [0.3, 0.4) is 0 Å². The minimum atomic E-state index is -4.80. The van der Waals surface area contributed by atoms with Crippen molar-refractivity contribution in [1.82, 2.24) is 4.98 Å². The van der Waals surface area contributed by atoms with Gasteiger partial charge in [-0.2, -0.15) is 0 Å². The molecule has 0 saturated carbocycles. The normalized spacial score (nSPS) is 15.2. The maximum atomic E-state index is 14.1. The minimum Gasteiger partial charge on any atom is -0.348 e. The number of halogens is 7. The van der Waals surface area contributed by atoms with Crippen molar-refractivity contribution < 1.29 is 30.4 Å². The third kappa shape index (κ3) is 4.62. The number of sulfone groups is 1. The van der Waals surface area contributed by atoms with Crippen LogP contribution >= 0.6 is 34.5 Å². The van der Waals surface area contributed by atoms with E-state index in [1.165, 1.54) is 11.3 Å². The molecule has 0 atom stereocenters. The molecule has 0 spiro atoms. The molecule has 0 amide bonds. The van der Waals surface area contributed by atoms with Crippen molar-refractivity contribution in [3.63, 3.8) is 0 Å². The summed E-state index contributed by atoms with van der Waals surface area (Å²) in [5, 5.41) is 2.16. The Balaban J connectivity index is 1.48. The van der Waals surface area contributed by atoms with Crippen molar-refractivity contribution in [2.75, 3.05) is 18.0 Å². The maximum absolute atomic E-state index is 14.1. The smallest absolute Gasteiger partial charge is 0.200 e. The molecule has 1 saturated heterocycles. The average Bonchev–Trinajstić information content (AvgIpc) is 3.27. The van der Waals surface area contributed by atoms with Gasteiger partial charge in [0.25, 0.3) is 0 Å². The Kier molecular flexibility index (Phi) is 7.10. The first kappa shape index (κ1) is 25.2. The van der Waals surface area contributed by atoms with Gasteiger partial charge in [-0.15, -0.1) is 11.3 Å². The Morgan fingerprint density at radius 1 is 0.971 bits per heavy atom. The van der Waals surface area contributed by atoms with Gasteiger partial charge in [0.2, 0.25) is 5.82 Å². The number of hydrogen-bond donors (Lipinski definition) is 0. The topological polar surface area (TPSA) is 50.3 Å². The van der Waals surface area contributed by atoms with Crippen molar-refractivity contribution in [2.45, 2.75) is 29.4 Å². The molecule has 1 aliphatic rings. The molecule has 0 radical (unpaired) electrons. The summed E-state index contributed by atoms with van der Waals surface area (Å²) in [6, 6.07) is 5.13. The molecule has 2 heterocycles. The molecule has 1 aliphatic heterocycles. The number of anilines is 1. The first-order chi connectivity index (χ1) is 16.0. The van der Waals surface area contributed by atoms with Crippen LogP contribution in [0.5, 0.6) is 0 Å². The second-order valence-corrected chi connectivity index (χ2v) is 11.5. The summed E-state index contributed by atoms with van der Waals surface area (Å²) in [6.45, 7) is 0.349. The zero-order valence-electron chi connectivity index (χ0n) is 17.1. The van der Waals surface area contributed by atoms with Crippen molar-refractivity contribution in [2.24, 2.45) is 0 Å². The van der Waals surface area contributed by atoms with Crippen LogP contribution in [0.2, 0.25) is 10.0 Å². The molecule has 1 fully saturated rings. The fraction of sp³-hybridized carbons (Fsp3) is 0.286. The van der Waals surface area contributed by atoms with E-state index >= 15 is 0 Å². The van der Waals surface area contributed by atoms with Crippen molar-refractivity contribution in [3.8, 4) is 0 Å². The Bertz CT molecular complexity index is 1330. The van der Waals surface area contributed by atoms with E-state index in [2.05, 4.69) is 4.98 Å². The summed E-state index contributed by atoms with van der Waals surface area (Å²) < 4.78 is 94.1. The van der Waals surface area contributed by atoms with Gasteiger partial charge in [0, 0.05) is 34.9 Å². The predicted molar refractivity (Wildman–Crippen MR) is 120 cm³/mol.